The second-order valence-electron chi connectivity index (χ2n) is 6.47. The van der Waals surface area contributed by atoms with Crippen molar-refractivity contribution >= 4 is 17.4 Å². The lowest BCUT2D eigenvalue weighted by molar-refractivity contribution is -0.192. The number of imidazole rings is 1. The molecule has 10 heteroatoms. The number of aliphatic carboxylic acids is 1. The normalized spacial score (nSPS) is 14.0. The van der Waals surface area contributed by atoms with Gasteiger partial charge in [-0.15, -0.1) is 0 Å². The van der Waals surface area contributed by atoms with E-state index in [2.05, 4.69) is 27.1 Å². The molecule has 3 heterocycles. The summed E-state index contributed by atoms with van der Waals surface area (Å²) in [5, 5.41) is 7.12. The number of amides is 1. The van der Waals surface area contributed by atoms with Gasteiger partial charge in [0.2, 0.25) is 5.91 Å². The lowest BCUT2D eigenvalue weighted by Crippen LogP contribution is -2.32. The molecule has 0 saturated heterocycles. The van der Waals surface area contributed by atoms with Crippen molar-refractivity contribution in [2.24, 2.45) is 0 Å². The molecule has 3 rings (SSSR count). The summed E-state index contributed by atoms with van der Waals surface area (Å²) < 4.78 is 31.7. The predicted molar refractivity (Wildman–Crippen MR) is 99.8 cm³/mol. The van der Waals surface area contributed by atoms with Gasteiger partial charge >= 0.3 is 12.1 Å². The van der Waals surface area contributed by atoms with E-state index in [4.69, 9.17) is 9.90 Å². The molecule has 1 aliphatic heterocycles. The van der Waals surface area contributed by atoms with Crippen LogP contribution in [0.1, 0.15) is 30.3 Å². The minimum Gasteiger partial charge on any atom is -0.475 e. The largest absolute Gasteiger partial charge is 0.490 e. The van der Waals surface area contributed by atoms with E-state index in [1.54, 1.807) is 6.92 Å². The van der Waals surface area contributed by atoms with E-state index in [1.807, 2.05) is 31.0 Å². The first-order valence-corrected chi connectivity index (χ1v) is 8.73. The molecule has 0 fully saturated rings. The number of aromatic nitrogens is 3. The molecular weight excluding hydrogens is 389 g/mol. The van der Waals surface area contributed by atoms with Gasteiger partial charge in [0.15, 0.2) is 5.82 Å². The number of carbonyl (C=O) groups is 2. The molecule has 0 unspecified atom stereocenters. The minimum atomic E-state index is -5.08. The first-order chi connectivity index (χ1) is 13.5. The maximum atomic E-state index is 11.4. The molecule has 2 aromatic heterocycles. The maximum Gasteiger partial charge on any atom is 0.490 e. The Morgan fingerprint density at radius 2 is 1.93 bits per heavy atom. The Balaban J connectivity index is 0.000000370. The van der Waals surface area contributed by atoms with E-state index >= 15 is 0 Å². The van der Waals surface area contributed by atoms with Crippen LogP contribution in [0.4, 0.5) is 13.2 Å². The number of rotatable bonds is 2. The van der Waals surface area contributed by atoms with Gasteiger partial charge in [-0.2, -0.15) is 13.2 Å². The van der Waals surface area contributed by atoms with Crippen LogP contribution >= 0.6 is 0 Å². The van der Waals surface area contributed by atoms with Crippen molar-refractivity contribution in [2.75, 3.05) is 13.1 Å². The predicted octanol–water partition coefficient (Wildman–Crippen LogP) is 3.36. The average molecular weight is 410 g/mol. The number of aryl methyl sites for hydroxylation is 2. The quantitative estimate of drug-likeness (QED) is 0.791. The Bertz CT molecular complexity index is 916. The molecule has 0 spiro atoms. The number of carboxylic acid groups (broad SMARTS) is 1. The van der Waals surface area contributed by atoms with Crippen LogP contribution in [0.25, 0.3) is 17.1 Å². The Morgan fingerprint density at radius 3 is 2.38 bits per heavy atom. The summed E-state index contributed by atoms with van der Waals surface area (Å²) in [5.41, 5.74) is 5.33. The molecule has 0 bridgehead atoms. The molecule has 156 valence electrons. The number of aromatic amines is 1. The van der Waals surface area contributed by atoms with Crippen LogP contribution in [0.2, 0.25) is 0 Å². The fourth-order valence-electron chi connectivity index (χ4n) is 2.65. The number of H-pyrrole nitrogens is 1. The van der Waals surface area contributed by atoms with Gasteiger partial charge < -0.3 is 15.0 Å². The Morgan fingerprint density at radius 1 is 1.28 bits per heavy atom. The SMILES string of the molecule is CC(=O)N1CC=C(c2ccnc(-c3nc(C)c(C)[nH]3)c2)CC1.O=C(O)C(F)(F)F. The summed E-state index contributed by atoms with van der Waals surface area (Å²) in [6.07, 6.45) is -0.266. The van der Waals surface area contributed by atoms with Gasteiger partial charge in [-0.3, -0.25) is 9.78 Å². The topological polar surface area (TPSA) is 99.2 Å². The summed E-state index contributed by atoms with van der Waals surface area (Å²) in [4.78, 5) is 34.3. The number of nitrogens with one attached hydrogen (secondary N) is 1. The Labute approximate surface area is 165 Å². The highest BCUT2D eigenvalue weighted by molar-refractivity contribution is 5.76. The molecular formula is C19H21F3N4O3. The van der Waals surface area contributed by atoms with Crippen molar-refractivity contribution in [3.05, 3.63) is 41.4 Å². The standard InChI is InChI=1S/C17H20N4O.C2HF3O2/c1-11-12(2)20-17(19-11)16-10-15(4-7-18-16)14-5-8-21(9-6-14)13(3)22;3-2(4,5)1(6)7/h4-5,7,10H,6,8-9H2,1-3H3,(H,19,20);(H,6,7). The zero-order valence-corrected chi connectivity index (χ0v) is 16.2. The summed E-state index contributed by atoms with van der Waals surface area (Å²) in [6, 6.07) is 4.08. The fraction of sp³-hybridized carbons (Fsp3) is 0.368. The van der Waals surface area contributed by atoms with E-state index in [-0.39, 0.29) is 5.91 Å². The molecule has 1 amide bonds. The van der Waals surface area contributed by atoms with Crippen molar-refractivity contribution in [2.45, 2.75) is 33.4 Å². The molecule has 1 aliphatic rings. The van der Waals surface area contributed by atoms with Gasteiger partial charge in [0, 0.05) is 31.9 Å². The summed E-state index contributed by atoms with van der Waals surface area (Å²) in [5.74, 6) is -1.82. The highest BCUT2D eigenvalue weighted by Crippen LogP contribution is 2.25. The summed E-state index contributed by atoms with van der Waals surface area (Å²) >= 11 is 0. The van der Waals surface area contributed by atoms with Gasteiger partial charge in [-0.05, 0) is 43.5 Å². The van der Waals surface area contributed by atoms with E-state index in [0.717, 1.165) is 41.4 Å². The second-order valence-corrected chi connectivity index (χ2v) is 6.47. The van der Waals surface area contributed by atoms with Gasteiger partial charge in [0.05, 0.1) is 5.69 Å². The van der Waals surface area contributed by atoms with Crippen LogP contribution in [-0.4, -0.2) is 56.1 Å². The number of alkyl halides is 3. The van der Waals surface area contributed by atoms with Crippen molar-refractivity contribution in [1.82, 2.24) is 19.9 Å². The highest BCUT2D eigenvalue weighted by Gasteiger charge is 2.38. The third-order valence-corrected chi connectivity index (χ3v) is 4.40. The van der Waals surface area contributed by atoms with Gasteiger partial charge in [-0.25, -0.2) is 9.78 Å². The smallest absolute Gasteiger partial charge is 0.475 e. The number of hydrogen-bond acceptors (Lipinski definition) is 4. The third kappa shape index (κ3) is 5.90. The lowest BCUT2D eigenvalue weighted by Gasteiger charge is -2.25. The van der Waals surface area contributed by atoms with Crippen molar-refractivity contribution in [3.63, 3.8) is 0 Å². The Kier molecular flexibility index (Phi) is 6.78. The zero-order chi connectivity index (χ0) is 21.8. The van der Waals surface area contributed by atoms with Crippen LogP contribution < -0.4 is 0 Å². The average Bonchev–Trinajstić information content (AvgIpc) is 3.00. The van der Waals surface area contributed by atoms with Crippen molar-refractivity contribution in [3.8, 4) is 11.5 Å². The van der Waals surface area contributed by atoms with Crippen LogP contribution in [-0.2, 0) is 9.59 Å². The summed E-state index contributed by atoms with van der Waals surface area (Å²) in [6.45, 7) is 7.07. The van der Waals surface area contributed by atoms with Crippen LogP contribution in [0, 0.1) is 13.8 Å². The fourth-order valence-corrected chi connectivity index (χ4v) is 2.65. The number of hydrogen-bond donors (Lipinski definition) is 2. The number of carboxylic acids is 1. The van der Waals surface area contributed by atoms with Gasteiger partial charge in [-0.1, -0.05) is 6.08 Å². The first kappa shape index (κ1) is 22.1. The van der Waals surface area contributed by atoms with E-state index < -0.39 is 12.1 Å². The molecule has 0 aliphatic carbocycles. The molecule has 7 nitrogen and oxygen atoms in total. The molecule has 29 heavy (non-hydrogen) atoms. The van der Waals surface area contributed by atoms with Crippen LogP contribution in [0.5, 0.6) is 0 Å². The van der Waals surface area contributed by atoms with Gasteiger partial charge in [0.1, 0.15) is 5.69 Å². The van der Waals surface area contributed by atoms with E-state index in [1.165, 1.54) is 5.57 Å². The molecule has 0 atom stereocenters. The molecule has 0 radical (unpaired) electrons. The Hall–Kier alpha value is -3.17. The van der Waals surface area contributed by atoms with Crippen LogP contribution in [0.3, 0.4) is 0 Å². The molecule has 2 N–H and O–H groups in total. The number of nitrogens with zero attached hydrogens (tertiary/aromatic N) is 3. The minimum absolute atomic E-state index is 0.132. The first-order valence-electron chi connectivity index (χ1n) is 8.73. The third-order valence-electron chi connectivity index (χ3n) is 4.40. The van der Waals surface area contributed by atoms with Crippen LogP contribution in [0.15, 0.2) is 24.4 Å². The van der Waals surface area contributed by atoms with E-state index in [0.29, 0.717) is 6.54 Å². The molecule has 0 aromatic carbocycles. The summed E-state index contributed by atoms with van der Waals surface area (Å²) in [7, 11) is 0. The molecule has 2 aromatic rings. The number of carbonyl (C=O) groups excluding carboxylic acids is 1. The highest BCUT2D eigenvalue weighted by atomic mass is 19.4. The zero-order valence-electron chi connectivity index (χ0n) is 16.2. The van der Waals surface area contributed by atoms with Crippen molar-refractivity contribution in [1.29, 1.82) is 0 Å². The molecule has 0 saturated carbocycles. The number of halogens is 3. The monoisotopic (exact) mass is 410 g/mol. The number of pyridine rings is 1. The van der Waals surface area contributed by atoms with Crippen molar-refractivity contribution < 1.29 is 27.9 Å². The second kappa shape index (κ2) is 8.89. The van der Waals surface area contributed by atoms with E-state index in [9.17, 15) is 18.0 Å². The lowest BCUT2D eigenvalue weighted by atomic mass is 9.99. The van der Waals surface area contributed by atoms with Gasteiger partial charge in [0.25, 0.3) is 0 Å². The maximum absolute atomic E-state index is 11.4.